The standard InChI is InChI=1S/C13H15BrN2O3/c1-9-4-6-15(7-5-9)13(17)11-8-10(16(18)19)2-3-12(11)14/h2-3,8-9H,4-7H2,1H3. The van der Waals surface area contributed by atoms with Gasteiger partial charge >= 0.3 is 0 Å². The molecule has 0 bridgehead atoms. The monoisotopic (exact) mass is 326 g/mol. The third kappa shape index (κ3) is 3.12. The fraction of sp³-hybridized carbons (Fsp3) is 0.462. The molecule has 0 saturated carbocycles. The van der Waals surface area contributed by atoms with Crippen molar-refractivity contribution in [2.24, 2.45) is 5.92 Å². The van der Waals surface area contributed by atoms with Crippen LogP contribution in [0.4, 0.5) is 5.69 Å². The first-order valence-corrected chi connectivity index (χ1v) is 7.01. The fourth-order valence-electron chi connectivity index (χ4n) is 2.17. The van der Waals surface area contributed by atoms with Crippen molar-refractivity contribution < 1.29 is 9.72 Å². The molecule has 0 aromatic heterocycles. The van der Waals surface area contributed by atoms with Crippen LogP contribution in [0, 0.1) is 16.0 Å². The smallest absolute Gasteiger partial charge is 0.270 e. The largest absolute Gasteiger partial charge is 0.339 e. The number of nitro benzene ring substituents is 1. The van der Waals surface area contributed by atoms with Crippen LogP contribution in [-0.4, -0.2) is 28.8 Å². The number of nitrogens with zero attached hydrogens (tertiary/aromatic N) is 2. The van der Waals surface area contributed by atoms with Gasteiger partial charge in [0.05, 0.1) is 10.5 Å². The number of hydrogen-bond acceptors (Lipinski definition) is 3. The van der Waals surface area contributed by atoms with Crippen molar-refractivity contribution in [3.63, 3.8) is 0 Å². The summed E-state index contributed by atoms with van der Waals surface area (Å²) >= 11 is 3.29. The molecule has 0 unspecified atom stereocenters. The molecule has 1 aromatic carbocycles. The number of halogens is 1. The van der Waals surface area contributed by atoms with Crippen molar-refractivity contribution >= 4 is 27.5 Å². The molecule has 1 aliphatic heterocycles. The first-order valence-electron chi connectivity index (χ1n) is 6.22. The van der Waals surface area contributed by atoms with Crippen LogP contribution >= 0.6 is 15.9 Å². The lowest BCUT2D eigenvalue weighted by Crippen LogP contribution is -2.38. The van der Waals surface area contributed by atoms with E-state index in [0.717, 1.165) is 25.9 Å². The average Bonchev–Trinajstić information content (AvgIpc) is 2.39. The van der Waals surface area contributed by atoms with Crippen molar-refractivity contribution in [2.45, 2.75) is 19.8 Å². The molecule has 6 heteroatoms. The molecular weight excluding hydrogens is 312 g/mol. The molecule has 1 aromatic rings. The lowest BCUT2D eigenvalue weighted by atomic mass is 9.98. The van der Waals surface area contributed by atoms with Gasteiger partial charge in [0.2, 0.25) is 0 Å². The van der Waals surface area contributed by atoms with Gasteiger partial charge in [-0.1, -0.05) is 6.92 Å². The summed E-state index contributed by atoms with van der Waals surface area (Å²) in [5.74, 6) is 0.500. The van der Waals surface area contributed by atoms with Crippen molar-refractivity contribution in [2.75, 3.05) is 13.1 Å². The van der Waals surface area contributed by atoms with Crippen LogP contribution in [-0.2, 0) is 0 Å². The highest BCUT2D eigenvalue weighted by molar-refractivity contribution is 9.10. The first kappa shape index (κ1) is 14.0. The predicted molar refractivity (Wildman–Crippen MR) is 75.1 cm³/mol. The maximum atomic E-state index is 12.4. The first-order chi connectivity index (χ1) is 8.99. The summed E-state index contributed by atoms with van der Waals surface area (Å²) in [6.07, 6.45) is 1.97. The number of nitro groups is 1. The van der Waals surface area contributed by atoms with Gasteiger partial charge in [0.1, 0.15) is 0 Å². The molecule has 1 saturated heterocycles. The summed E-state index contributed by atoms with van der Waals surface area (Å²) in [5, 5.41) is 10.8. The zero-order valence-electron chi connectivity index (χ0n) is 10.6. The van der Waals surface area contributed by atoms with Gasteiger partial charge in [0, 0.05) is 29.7 Å². The van der Waals surface area contributed by atoms with Gasteiger partial charge in [-0.15, -0.1) is 0 Å². The van der Waals surface area contributed by atoms with E-state index in [2.05, 4.69) is 22.9 Å². The zero-order valence-corrected chi connectivity index (χ0v) is 12.2. The van der Waals surface area contributed by atoms with Crippen LogP contribution in [0.2, 0.25) is 0 Å². The average molecular weight is 327 g/mol. The number of non-ortho nitro benzene ring substituents is 1. The zero-order chi connectivity index (χ0) is 14.0. The van der Waals surface area contributed by atoms with Crippen molar-refractivity contribution in [1.82, 2.24) is 4.90 Å². The van der Waals surface area contributed by atoms with E-state index in [1.165, 1.54) is 12.1 Å². The molecule has 1 fully saturated rings. The molecule has 0 atom stereocenters. The Balaban J connectivity index is 2.23. The number of piperidine rings is 1. The molecule has 0 radical (unpaired) electrons. The molecule has 1 amide bonds. The number of amides is 1. The van der Waals surface area contributed by atoms with Gasteiger partial charge in [-0.2, -0.15) is 0 Å². The second-order valence-corrected chi connectivity index (χ2v) is 5.75. The molecular formula is C13H15BrN2O3. The summed E-state index contributed by atoms with van der Waals surface area (Å²) < 4.78 is 0.599. The molecule has 0 aliphatic carbocycles. The Bertz CT molecular complexity index is 511. The fourth-order valence-corrected chi connectivity index (χ4v) is 2.59. The summed E-state index contributed by atoms with van der Waals surface area (Å²) in [6, 6.07) is 4.28. The van der Waals surface area contributed by atoms with E-state index in [1.807, 2.05) is 0 Å². The maximum absolute atomic E-state index is 12.4. The summed E-state index contributed by atoms with van der Waals surface area (Å²) in [6.45, 7) is 3.61. The number of carbonyl (C=O) groups is 1. The molecule has 1 aliphatic rings. The molecule has 19 heavy (non-hydrogen) atoms. The van der Waals surface area contributed by atoms with E-state index in [0.29, 0.717) is 16.0 Å². The van der Waals surface area contributed by atoms with Crippen molar-refractivity contribution in [3.05, 3.63) is 38.3 Å². The highest BCUT2D eigenvalue weighted by atomic mass is 79.9. The van der Waals surface area contributed by atoms with Crippen LogP contribution in [0.15, 0.2) is 22.7 Å². The molecule has 1 heterocycles. The summed E-state index contributed by atoms with van der Waals surface area (Å²) in [7, 11) is 0. The van der Waals surface area contributed by atoms with Crippen LogP contribution in [0.1, 0.15) is 30.1 Å². The molecule has 0 N–H and O–H groups in total. The van der Waals surface area contributed by atoms with E-state index in [9.17, 15) is 14.9 Å². The Morgan fingerprint density at radius 2 is 2.05 bits per heavy atom. The lowest BCUT2D eigenvalue weighted by Gasteiger charge is -2.30. The number of benzene rings is 1. The quantitative estimate of drug-likeness (QED) is 0.619. The van der Waals surface area contributed by atoms with E-state index in [-0.39, 0.29) is 11.6 Å². The number of hydrogen-bond donors (Lipinski definition) is 0. The van der Waals surface area contributed by atoms with Gasteiger partial charge in [-0.25, -0.2) is 0 Å². The summed E-state index contributed by atoms with van der Waals surface area (Å²) in [4.78, 5) is 24.4. The van der Waals surface area contributed by atoms with Gasteiger partial charge in [-0.3, -0.25) is 14.9 Å². The minimum Gasteiger partial charge on any atom is -0.339 e. The highest BCUT2D eigenvalue weighted by Gasteiger charge is 2.24. The van der Waals surface area contributed by atoms with Gasteiger partial charge in [-0.05, 0) is 40.8 Å². The Hall–Kier alpha value is -1.43. The highest BCUT2D eigenvalue weighted by Crippen LogP contribution is 2.25. The minimum atomic E-state index is -0.485. The summed E-state index contributed by atoms with van der Waals surface area (Å²) in [5.41, 5.74) is 0.306. The Morgan fingerprint density at radius 1 is 1.42 bits per heavy atom. The predicted octanol–water partition coefficient (Wildman–Crippen LogP) is 3.23. The van der Waals surface area contributed by atoms with E-state index in [4.69, 9.17) is 0 Å². The Kier molecular flexibility index (Phi) is 4.19. The number of likely N-dealkylation sites (tertiary alicyclic amines) is 1. The third-order valence-corrected chi connectivity index (χ3v) is 4.15. The Morgan fingerprint density at radius 3 is 2.63 bits per heavy atom. The van der Waals surface area contributed by atoms with E-state index < -0.39 is 4.92 Å². The molecule has 5 nitrogen and oxygen atoms in total. The maximum Gasteiger partial charge on any atom is 0.270 e. The van der Waals surface area contributed by atoms with Crippen molar-refractivity contribution in [3.8, 4) is 0 Å². The number of rotatable bonds is 2. The second kappa shape index (κ2) is 5.69. The van der Waals surface area contributed by atoms with Crippen LogP contribution in [0.3, 0.4) is 0 Å². The minimum absolute atomic E-state index is 0.0584. The molecule has 0 spiro atoms. The lowest BCUT2D eigenvalue weighted by molar-refractivity contribution is -0.384. The Labute approximate surface area is 119 Å². The van der Waals surface area contributed by atoms with Gasteiger partial charge in [0.15, 0.2) is 0 Å². The van der Waals surface area contributed by atoms with E-state index >= 15 is 0 Å². The normalized spacial score (nSPS) is 16.4. The van der Waals surface area contributed by atoms with Crippen LogP contribution < -0.4 is 0 Å². The van der Waals surface area contributed by atoms with E-state index in [1.54, 1.807) is 11.0 Å². The van der Waals surface area contributed by atoms with Crippen molar-refractivity contribution in [1.29, 1.82) is 0 Å². The molecule has 102 valence electrons. The van der Waals surface area contributed by atoms with Crippen LogP contribution in [0.5, 0.6) is 0 Å². The SMILES string of the molecule is CC1CCN(C(=O)c2cc([N+](=O)[O-])ccc2Br)CC1. The van der Waals surface area contributed by atoms with Gasteiger partial charge in [0.25, 0.3) is 11.6 Å². The third-order valence-electron chi connectivity index (χ3n) is 3.46. The topological polar surface area (TPSA) is 63.5 Å². The van der Waals surface area contributed by atoms with Gasteiger partial charge < -0.3 is 4.90 Å². The second-order valence-electron chi connectivity index (χ2n) is 4.90. The number of carbonyl (C=O) groups excluding carboxylic acids is 1. The molecule has 2 rings (SSSR count). The van der Waals surface area contributed by atoms with Crippen LogP contribution in [0.25, 0.3) is 0 Å².